The third-order valence-electron chi connectivity index (χ3n) is 5.11. The predicted molar refractivity (Wildman–Crippen MR) is 111 cm³/mol. The highest BCUT2D eigenvalue weighted by Crippen LogP contribution is 2.37. The maximum Gasteiger partial charge on any atom is 0.417 e. The molecule has 3 aromatic rings. The molecule has 1 aromatic heterocycles. The summed E-state index contributed by atoms with van der Waals surface area (Å²) in [6.45, 7) is 3.08. The van der Waals surface area contributed by atoms with E-state index in [1.54, 1.807) is 6.20 Å². The molecule has 4 rings (SSSR count). The topological polar surface area (TPSA) is 38.1 Å². The smallest absolute Gasteiger partial charge is 0.329 e. The van der Waals surface area contributed by atoms with Crippen molar-refractivity contribution in [3.63, 3.8) is 0 Å². The number of aryl methyl sites for hydroxylation is 1. The van der Waals surface area contributed by atoms with Gasteiger partial charge in [0.1, 0.15) is 5.82 Å². The molecule has 0 aliphatic carbocycles. The molecule has 0 saturated carbocycles. The van der Waals surface area contributed by atoms with Crippen LogP contribution in [-0.2, 0) is 19.3 Å². The van der Waals surface area contributed by atoms with Gasteiger partial charge < -0.3 is 9.47 Å². The second kappa shape index (κ2) is 8.32. The van der Waals surface area contributed by atoms with Gasteiger partial charge >= 0.3 is 6.18 Å². The van der Waals surface area contributed by atoms with E-state index in [-0.39, 0.29) is 24.5 Å². The molecular weight excluding hydrogens is 438 g/mol. The molecule has 0 unspecified atom stereocenters. The van der Waals surface area contributed by atoms with E-state index in [1.807, 2.05) is 35.8 Å². The summed E-state index contributed by atoms with van der Waals surface area (Å²) < 4.78 is 41.4. The average Bonchev–Trinajstić information content (AvgIpc) is 3.10. The van der Waals surface area contributed by atoms with E-state index in [4.69, 9.17) is 11.6 Å². The van der Waals surface area contributed by atoms with Crippen molar-refractivity contribution < 1.29 is 18.0 Å². The van der Waals surface area contributed by atoms with Crippen LogP contribution < -0.4 is 0 Å². The fourth-order valence-corrected chi connectivity index (χ4v) is 3.91. The van der Waals surface area contributed by atoms with Crippen LogP contribution in [0.3, 0.4) is 0 Å². The Hall–Kier alpha value is -2.51. The molecule has 2 heterocycles. The highest BCUT2D eigenvalue weighted by atomic mass is 35.5. The van der Waals surface area contributed by atoms with Gasteiger partial charge in [-0.2, -0.15) is 13.2 Å². The fourth-order valence-electron chi connectivity index (χ4n) is 3.60. The van der Waals surface area contributed by atoms with Crippen LogP contribution in [0.1, 0.15) is 27.3 Å². The van der Waals surface area contributed by atoms with Crippen molar-refractivity contribution in [1.29, 1.82) is 0 Å². The number of fused-ring (bicyclic) bond motifs is 1. The largest absolute Gasteiger partial charge is 0.417 e. The van der Waals surface area contributed by atoms with E-state index in [9.17, 15) is 18.0 Å². The summed E-state index contributed by atoms with van der Waals surface area (Å²) in [5.74, 6) is 0.152. The van der Waals surface area contributed by atoms with Crippen molar-refractivity contribution in [1.82, 2.24) is 14.5 Å². The van der Waals surface area contributed by atoms with Gasteiger partial charge in [-0.1, -0.05) is 41.9 Å². The normalized spacial score (nSPS) is 13.6. The number of carbonyl (C=O) groups is 1. The van der Waals surface area contributed by atoms with Gasteiger partial charge in [0.2, 0.25) is 0 Å². The lowest BCUT2D eigenvalue weighted by molar-refractivity contribution is -0.137. The zero-order valence-corrected chi connectivity index (χ0v) is 17.5. The van der Waals surface area contributed by atoms with Crippen LogP contribution >= 0.6 is 24.0 Å². The number of nitrogens with zero attached hydrogens (tertiary/aromatic N) is 3. The van der Waals surface area contributed by atoms with Gasteiger partial charge in [0.15, 0.2) is 0 Å². The highest BCUT2D eigenvalue weighted by molar-refractivity contribution is 6.34. The van der Waals surface area contributed by atoms with E-state index in [0.717, 1.165) is 22.9 Å². The average molecular weight is 456 g/mol. The first-order valence-electron chi connectivity index (χ1n) is 9.02. The Morgan fingerprint density at radius 1 is 1.10 bits per heavy atom. The number of aromatic nitrogens is 2. The molecule has 158 valence electrons. The number of imidazole rings is 1. The Labute approximate surface area is 182 Å². The van der Waals surface area contributed by atoms with Gasteiger partial charge in [-0.3, -0.25) is 4.79 Å². The molecule has 0 bridgehead atoms. The molecule has 0 radical (unpaired) electrons. The molecule has 1 aliphatic heterocycles. The first kappa shape index (κ1) is 22.2. The number of rotatable bonds is 2. The molecule has 9 heteroatoms. The van der Waals surface area contributed by atoms with Crippen LogP contribution in [0.5, 0.6) is 0 Å². The Morgan fingerprint density at radius 2 is 1.83 bits per heavy atom. The lowest BCUT2D eigenvalue weighted by atomic mass is 10.1. The van der Waals surface area contributed by atoms with Crippen molar-refractivity contribution in [2.75, 3.05) is 6.54 Å². The number of amides is 1. The standard InChI is InChI=1S/C21H17ClF3N3O.ClH/c1-13-5-2-3-6-14(13)17-11-26-18-12-27(9-10-28(17)18)20(29)15-7-4-8-16(19(15)22)21(23,24)25;/h2-8,11H,9-10,12H2,1H3;1H. The maximum absolute atomic E-state index is 13.1. The Morgan fingerprint density at radius 3 is 2.53 bits per heavy atom. The first-order valence-corrected chi connectivity index (χ1v) is 9.40. The number of benzene rings is 2. The molecule has 2 aromatic carbocycles. The van der Waals surface area contributed by atoms with Gasteiger partial charge in [0, 0.05) is 18.7 Å². The second-order valence-corrected chi connectivity index (χ2v) is 7.30. The summed E-state index contributed by atoms with van der Waals surface area (Å²) in [6.07, 6.45) is -2.85. The van der Waals surface area contributed by atoms with Crippen LogP contribution in [-0.4, -0.2) is 26.9 Å². The highest BCUT2D eigenvalue weighted by Gasteiger charge is 2.35. The van der Waals surface area contributed by atoms with Crippen molar-refractivity contribution in [3.8, 4) is 11.3 Å². The quantitative estimate of drug-likeness (QED) is 0.503. The fraction of sp³-hybridized carbons (Fsp3) is 0.238. The molecule has 4 nitrogen and oxygen atoms in total. The molecule has 0 fully saturated rings. The van der Waals surface area contributed by atoms with Crippen LogP contribution in [0, 0.1) is 6.92 Å². The Bertz CT molecular complexity index is 1100. The SMILES string of the molecule is Cc1ccccc1-c1cnc2n1CCN(C(=O)c1cccc(C(F)(F)F)c1Cl)C2.Cl. The van der Waals surface area contributed by atoms with E-state index in [2.05, 4.69) is 4.98 Å². The van der Waals surface area contributed by atoms with Gasteiger partial charge in [0.05, 0.1) is 34.6 Å². The third-order valence-corrected chi connectivity index (χ3v) is 5.51. The summed E-state index contributed by atoms with van der Waals surface area (Å²) in [4.78, 5) is 18.8. The van der Waals surface area contributed by atoms with Crippen LogP contribution in [0.25, 0.3) is 11.3 Å². The van der Waals surface area contributed by atoms with Gasteiger partial charge in [0.25, 0.3) is 5.91 Å². The number of hydrogen-bond donors (Lipinski definition) is 0. The van der Waals surface area contributed by atoms with Crippen molar-refractivity contribution in [3.05, 3.63) is 76.2 Å². The summed E-state index contributed by atoms with van der Waals surface area (Å²) >= 11 is 5.92. The minimum absolute atomic E-state index is 0. The molecular formula is C21H18Cl2F3N3O. The second-order valence-electron chi connectivity index (χ2n) is 6.92. The molecule has 30 heavy (non-hydrogen) atoms. The van der Waals surface area contributed by atoms with Gasteiger partial charge in [-0.15, -0.1) is 12.4 Å². The number of carbonyl (C=O) groups excluding carboxylic acids is 1. The van der Waals surface area contributed by atoms with Crippen molar-refractivity contribution >= 4 is 29.9 Å². The van der Waals surface area contributed by atoms with Crippen molar-refractivity contribution in [2.45, 2.75) is 26.2 Å². The number of alkyl halides is 3. The van der Waals surface area contributed by atoms with E-state index < -0.39 is 22.7 Å². The van der Waals surface area contributed by atoms with E-state index in [0.29, 0.717) is 18.9 Å². The monoisotopic (exact) mass is 455 g/mol. The first-order chi connectivity index (χ1) is 13.8. The molecule has 1 aliphatic rings. The van der Waals surface area contributed by atoms with Crippen LogP contribution in [0.4, 0.5) is 13.2 Å². The summed E-state index contributed by atoms with van der Waals surface area (Å²) in [6, 6.07) is 11.3. The molecule has 0 N–H and O–H groups in total. The lowest BCUT2D eigenvalue weighted by Gasteiger charge is -2.29. The van der Waals surface area contributed by atoms with Crippen LogP contribution in [0.15, 0.2) is 48.7 Å². The van der Waals surface area contributed by atoms with E-state index in [1.165, 1.54) is 17.0 Å². The van der Waals surface area contributed by atoms with Crippen molar-refractivity contribution in [2.24, 2.45) is 0 Å². The molecule has 1 amide bonds. The van der Waals surface area contributed by atoms with E-state index >= 15 is 0 Å². The maximum atomic E-state index is 13.1. The Balaban J connectivity index is 0.00000256. The summed E-state index contributed by atoms with van der Waals surface area (Å²) in [5, 5.41) is -0.570. The zero-order valence-electron chi connectivity index (χ0n) is 15.9. The van der Waals surface area contributed by atoms with Gasteiger partial charge in [-0.25, -0.2) is 4.98 Å². The summed E-state index contributed by atoms with van der Waals surface area (Å²) in [7, 11) is 0. The minimum Gasteiger partial charge on any atom is -0.329 e. The molecule has 0 saturated heterocycles. The summed E-state index contributed by atoms with van der Waals surface area (Å²) in [5.41, 5.74) is 1.98. The van der Waals surface area contributed by atoms with Gasteiger partial charge in [-0.05, 0) is 24.6 Å². The zero-order chi connectivity index (χ0) is 20.8. The lowest BCUT2D eigenvalue weighted by Crippen LogP contribution is -2.38. The minimum atomic E-state index is -4.62. The molecule has 0 atom stereocenters. The third kappa shape index (κ3) is 3.91. The number of halogens is 5. The van der Waals surface area contributed by atoms with Crippen LogP contribution in [0.2, 0.25) is 5.02 Å². The predicted octanol–water partition coefficient (Wildman–Crippen LogP) is 5.61. The Kier molecular flexibility index (Phi) is 6.15. The molecule has 0 spiro atoms. The number of hydrogen-bond acceptors (Lipinski definition) is 2.